The van der Waals surface area contributed by atoms with Crippen LogP contribution in [-0.2, 0) is 13.1 Å². The molecule has 0 amide bonds. The summed E-state index contributed by atoms with van der Waals surface area (Å²) in [5.74, 6) is 0.370. The van der Waals surface area contributed by atoms with Gasteiger partial charge in [-0.2, -0.15) is 0 Å². The normalized spacial score (nSPS) is 10.8. The molecule has 0 aliphatic heterocycles. The Hall–Kier alpha value is -2.23. The molecule has 0 saturated carbocycles. The molecule has 0 bridgehead atoms. The molecule has 0 aromatic heterocycles. The van der Waals surface area contributed by atoms with Crippen molar-refractivity contribution in [2.45, 2.75) is 20.0 Å². The molecule has 25 heavy (non-hydrogen) atoms. The van der Waals surface area contributed by atoms with Crippen molar-refractivity contribution in [1.82, 2.24) is 10.6 Å². The minimum absolute atomic E-state index is 0. The number of hydrogen-bond acceptors (Lipinski definition) is 3. The second kappa shape index (κ2) is 9.92. The van der Waals surface area contributed by atoms with Gasteiger partial charge in [0.05, 0.1) is 4.92 Å². The zero-order valence-corrected chi connectivity index (χ0v) is 16.3. The van der Waals surface area contributed by atoms with Crippen molar-refractivity contribution < 1.29 is 9.31 Å². The molecule has 0 aliphatic rings. The molecule has 8 heteroatoms. The van der Waals surface area contributed by atoms with Crippen LogP contribution >= 0.6 is 24.0 Å². The van der Waals surface area contributed by atoms with Crippen LogP contribution in [0.3, 0.4) is 0 Å². The van der Waals surface area contributed by atoms with Crippen LogP contribution in [0.2, 0.25) is 0 Å². The Morgan fingerprint density at radius 2 is 1.68 bits per heavy atom. The summed E-state index contributed by atoms with van der Waals surface area (Å²) in [5, 5.41) is 16.9. The van der Waals surface area contributed by atoms with Gasteiger partial charge in [0.1, 0.15) is 5.82 Å². The maximum Gasteiger partial charge on any atom is 0.269 e. The van der Waals surface area contributed by atoms with Gasteiger partial charge >= 0.3 is 0 Å². The molecule has 134 valence electrons. The first-order chi connectivity index (χ1) is 11.5. The lowest BCUT2D eigenvalue weighted by molar-refractivity contribution is -0.384. The number of benzene rings is 2. The zero-order chi connectivity index (χ0) is 17.5. The third-order valence-corrected chi connectivity index (χ3v) is 3.51. The van der Waals surface area contributed by atoms with Gasteiger partial charge in [0.15, 0.2) is 5.96 Å². The standard InChI is InChI=1S/C17H19FN4O2.HI/c1-12-9-14(5-8-16(12)18)11-21-17(19-2)20-10-13-3-6-15(7-4-13)22(23)24;/h3-9H,10-11H2,1-2H3,(H2,19,20,21);1H. The van der Waals surface area contributed by atoms with Gasteiger partial charge in [-0.25, -0.2) is 4.39 Å². The van der Waals surface area contributed by atoms with Crippen LogP contribution in [0, 0.1) is 22.9 Å². The van der Waals surface area contributed by atoms with E-state index in [0.29, 0.717) is 24.6 Å². The smallest absolute Gasteiger partial charge is 0.269 e. The zero-order valence-electron chi connectivity index (χ0n) is 14.0. The predicted molar refractivity (Wildman–Crippen MR) is 107 cm³/mol. The number of hydrogen-bond donors (Lipinski definition) is 2. The number of nitrogens with one attached hydrogen (secondary N) is 2. The van der Waals surface area contributed by atoms with Crippen molar-refractivity contribution in [3.05, 3.63) is 75.1 Å². The monoisotopic (exact) mass is 458 g/mol. The van der Waals surface area contributed by atoms with E-state index in [0.717, 1.165) is 11.1 Å². The Balaban J connectivity index is 0.00000312. The minimum atomic E-state index is -0.428. The van der Waals surface area contributed by atoms with E-state index in [1.165, 1.54) is 18.2 Å². The molecule has 6 nitrogen and oxygen atoms in total. The number of nitro benzene ring substituents is 1. The summed E-state index contributed by atoms with van der Waals surface area (Å²) in [4.78, 5) is 14.3. The number of rotatable bonds is 5. The topological polar surface area (TPSA) is 79.6 Å². The first kappa shape index (κ1) is 20.8. The second-order valence-electron chi connectivity index (χ2n) is 5.29. The largest absolute Gasteiger partial charge is 0.352 e. The summed E-state index contributed by atoms with van der Waals surface area (Å²) in [6.07, 6.45) is 0. The molecule has 2 N–H and O–H groups in total. The molecule has 0 unspecified atom stereocenters. The van der Waals surface area contributed by atoms with E-state index in [2.05, 4.69) is 15.6 Å². The number of non-ortho nitro benzene ring substituents is 1. The highest BCUT2D eigenvalue weighted by Crippen LogP contribution is 2.12. The number of nitrogens with zero attached hydrogens (tertiary/aromatic N) is 2. The van der Waals surface area contributed by atoms with E-state index in [-0.39, 0.29) is 35.5 Å². The molecule has 0 spiro atoms. The summed E-state index contributed by atoms with van der Waals surface area (Å²) in [6, 6.07) is 11.3. The van der Waals surface area contributed by atoms with E-state index in [9.17, 15) is 14.5 Å². The van der Waals surface area contributed by atoms with Gasteiger partial charge in [0.2, 0.25) is 0 Å². The van der Waals surface area contributed by atoms with E-state index >= 15 is 0 Å². The molecular formula is C17H20FIN4O2. The molecule has 0 radical (unpaired) electrons. The van der Waals surface area contributed by atoms with Crippen LogP contribution in [0.1, 0.15) is 16.7 Å². The SMILES string of the molecule is CN=C(NCc1ccc([N+](=O)[O-])cc1)NCc1ccc(F)c(C)c1.I. The quantitative estimate of drug-likeness (QED) is 0.236. The summed E-state index contributed by atoms with van der Waals surface area (Å²) in [7, 11) is 1.65. The van der Waals surface area contributed by atoms with Crippen LogP contribution in [-0.4, -0.2) is 17.9 Å². The number of aliphatic imine (C=N–C) groups is 1. The van der Waals surface area contributed by atoms with Crippen molar-refractivity contribution in [3.8, 4) is 0 Å². The van der Waals surface area contributed by atoms with E-state index in [1.54, 1.807) is 38.2 Å². The highest BCUT2D eigenvalue weighted by atomic mass is 127. The van der Waals surface area contributed by atoms with Crippen LogP contribution < -0.4 is 10.6 Å². The van der Waals surface area contributed by atoms with Gasteiger partial charge in [-0.15, -0.1) is 24.0 Å². The Morgan fingerprint density at radius 3 is 2.20 bits per heavy atom. The molecule has 0 fully saturated rings. The second-order valence-corrected chi connectivity index (χ2v) is 5.29. The third-order valence-electron chi connectivity index (χ3n) is 3.51. The molecule has 2 aromatic rings. The van der Waals surface area contributed by atoms with Gasteiger partial charge in [0.25, 0.3) is 5.69 Å². The summed E-state index contributed by atoms with van der Waals surface area (Å²) in [6.45, 7) is 2.72. The highest BCUT2D eigenvalue weighted by molar-refractivity contribution is 14.0. The average Bonchev–Trinajstić information content (AvgIpc) is 2.58. The van der Waals surface area contributed by atoms with Gasteiger partial charge in [-0.3, -0.25) is 15.1 Å². The first-order valence-corrected chi connectivity index (χ1v) is 7.42. The first-order valence-electron chi connectivity index (χ1n) is 7.42. The fraction of sp³-hybridized carbons (Fsp3) is 0.235. The van der Waals surface area contributed by atoms with Crippen molar-refractivity contribution >= 4 is 35.6 Å². The number of halogens is 2. The molecule has 0 aliphatic carbocycles. The maximum atomic E-state index is 13.3. The summed E-state index contributed by atoms with van der Waals surface area (Å²) < 4.78 is 13.3. The van der Waals surface area contributed by atoms with E-state index < -0.39 is 4.92 Å². The Bertz CT molecular complexity index is 751. The fourth-order valence-corrected chi connectivity index (χ4v) is 2.14. The van der Waals surface area contributed by atoms with Crippen LogP contribution in [0.4, 0.5) is 10.1 Å². The lowest BCUT2D eigenvalue weighted by atomic mass is 10.1. The molecule has 2 aromatic carbocycles. The Kier molecular flexibility index (Phi) is 8.26. The molecular weight excluding hydrogens is 438 g/mol. The predicted octanol–water partition coefficient (Wildman–Crippen LogP) is 3.53. The van der Waals surface area contributed by atoms with E-state index in [4.69, 9.17) is 0 Å². The Morgan fingerprint density at radius 1 is 1.12 bits per heavy atom. The summed E-state index contributed by atoms with van der Waals surface area (Å²) in [5.41, 5.74) is 2.52. The summed E-state index contributed by atoms with van der Waals surface area (Å²) >= 11 is 0. The average molecular weight is 458 g/mol. The lowest BCUT2D eigenvalue weighted by Crippen LogP contribution is -2.36. The minimum Gasteiger partial charge on any atom is -0.352 e. The van der Waals surface area contributed by atoms with Crippen molar-refractivity contribution in [1.29, 1.82) is 0 Å². The van der Waals surface area contributed by atoms with Gasteiger partial charge in [0, 0.05) is 32.3 Å². The molecule has 0 saturated heterocycles. The third kappa shape index (κ3) is 6.29. The number of guanidine groups is 1. The number of nitro groups is 1. The van der Waals surface area contributed by atoms with Crippen molar-refractivity contribution in [2.24, 2.45) is 4.99 Å². The lowest BCUT2D eigenvalue weighted by Gasteiger charge is -2.12. The maximum absolute atomic E-state index is 13.3. The van der Waals surface area contributed by atoms with Gasteiger partial charge in [-0.1, -0.05) is 24.3 Å². The highest BCUT2D eigenvalue weighted by Gasteiger charge is 2.05. The number of aryl methyl sites for hydroxylation is 1. The molecule has 0 atom stereocenters. The van der Waals surface area contributed by atoms with Crippen LogP contribution in [0.15, 0.2) is 47.5 Å². The Labute approximate surface area is 162 Å². The van der Waals surface area contributed by atoms with Crippen LogP contribution in [0.5, 0.6) is 0 Å². The van der Waals surface area contributed by atoms with Crippen molar-refractivity contribution in [2.75, 3.05) is 7.05 Å². The molecule has 0 heterocycles. The fourth-order valence-electron chi connectivity index (χ4n) is 2.14. The van der Waals surface area contributed by atoms with Gasteiger partial charge < -0.3 is 10.6 Å². The molecule has 2 rings (SSSR count). The van der Waals surface area contributed by atoms with Crippen LogP contribution in [0.25, 0.3) is 0 Å². The van der Waals surface area contributed by atoms with Crippen molar-refractivity contribution in [3.63, 3.8) is 0 Å². The van der Waals surface area contributed by atoms with Gasteiger partial charge in [-0.05, 0) is 29.7 Å². The van der Waals surface area contributed by atoms with E-state index in [1.807, 2.05) is 0 Å².